The van der Waals surface area contributed by atoms with Crippen LogP contribution in [0.25, 0.3) is 0 Å². The Balaban J connectivity index is 1.41. The van der Waals surface area contributed by atoms with Crippen molar-refractivity contribution < 1.29 is 32.2 Å². The highest BCUT2D eigenvalue weighted by Crippen LogP contribution is 2.50. The summed E-state index contributed by atoms with van der Waals surface area (Å²) in [6.45, 7) is 1.99. The molecule has 166 valence electrons. The summed E-state index contributed by atoms with van der Waals surface area (Å²) in [6, 6.07) is 9.89. The predicted octanol–water partition coefficient (Wildman–Crippen LogP) is 6.24. The molecule has 0 saturated heterocycles. The Morgan fingerprint density at radius 1 is 1.19 bits per heavy atom. The largest absolute Gasteiger partial charge is 0.493 e. The third-order valence-corrected chi connectivity index (χ3v) is 6.41. The average Bonchev–Trinajstić information content (AvgIpc) is 3.62. The fourth-order valence-electron chi connectivity index (χ4n) is 4.41. The van der Waals surface area contributed by atoms with Gasteiger partial charge in [0.1, 0.15) is 11.6 Å². The zero-order valence-electron chi connectivity index (χ0n) is 17.0. The van der Waals surface area contributed by atoms with Gasteiger partial charge in [0, 0.05) is 5.92 Å². The first-order valence-electron chi connectivity index (χ1n) is 10.5. The normalized spacial score (nSPS) is 22.6. The average molecular weight is 436 g/mol. The number of aliphatic carboxylic acids is 1. The number of benzene rings is 2. The summed E-state index contributed by atoms with van der Waals surface area (Å²) in [7, 11) is 0. The van der Waals surface area contributed by atoms with E-state index in [0.717, 1.165) is 36.6 Å². The molecule has 2 fully saturated rings. The Morgan fingerprint density at radius 3 is 2.58 bits per heavy atom. The number of halogens is 4. The van der Waals surface area contributed by atoms with Crippen molar-refractivity contribution in [1.29, 1.82) is 0 Å². The van der Waals surface area contributed by atoms with E-state index in [-0.39, 0.29) is 29.9 Å². The molecular weight excluding hydrogens is 412 g/mol. The van der Waals surface area contributed by atoms with E-state index >= 15 is 0 Å². The molecule has 2 aliphatic rings. The van der Waals surface area contributed by atoms with Crippen LogP contribution in [0, 0.1) is 23.6 Å². The molecule has 31 heavy (non-hydrogen) atoms. The molecular formula is C24H24F4O3. The lowest BCUT2D eigenvalue weighted by Gasteiger charge is -2.21. The number of carboxylic acids is 1. The molecule has 2 saturated carbocycles. The maximum absolute atomic E-state index is 14.1. The van der Waals surface area contributed by atoms with E-state index in [0.29, 0.717) is 18.1 Å². The number of alkyl halides is 3. The Kier molecular flexibility index (Phi) is 5.71. The first-order valence-corrected chi connectivity index (χ1v) is 10.5. The van der Waals surface area contributed by atoms with E-state index in [1.54, 1.807) is 13.0 Å². The molecule has 7 heteroatoms. The number of hydrogen-bond donors (Lipinski definition) is 1. The minimum Gasteiger partial charge on any atom is -0.493 e. The molecule has 2 aromatic rings. The summed E-state index contributed by atoms with van der Waals surface area (Å²) < 4.78 is 58.8. The number of carboxylic acid groups (broad SMARTS) is 1. The van der Waals surface area contributed by atoms with Crippen molar-refractivity contribution in [3.63, 3.8) is 0 Å². The molecule has 0 aromatic heterocycles. The van der Waals surface area contributed by atoms with Crippen LogP contribution >= 0.6 is 0 Å². The molecule has 2 aliphatic carbocycles. The quantitative estimate of drug-likeness (QED) is 0.498. The van der Waals surface area contributed by atoms with Crippen molar-refractivity contribution in [3.05, 3.63) is 65.0 Å². The summed E-state index contributed by atoms with van der Waals surface area (Å²) in [5.41, 5.74) is 0.161. The van der Waals surface area contributed by atoms with E-state index in [4.69, 9.17) is 4.74 Å². The molecule has 0 aliphatic heterocycles. The van der Waals surface area contributed by atoms with E-state index in [1.165, 1.54) is 0 Å². The topological polar surface area (TPSA) is 46.5 Å². The first-order chi connectivity index (χ1) is 14.6. The first kappa shape index (κ1) is 21.7. The number of hydrogen-bond acceptors (Lipinski definition) is 2. The molecule has 3 nitrogen and oxygen atoms in total. The Bertz CT molecular complexity index is 968. The highest BCUT2D eigenvalue weighted by molar-refractivity contribution is 5.71. The van der Waals surface area contributed by atoms with Crippen molar-refractivity contribution in [2.45, 2.75) is 44.2 Å². The number of carbonyl (C=O) groups is 1. The maximum Gasteiger partial charge on any atom is 0.416 e. The third-order valence-electron chi connectivity index (χ3n) is 6.41. The molecule has 1 N–H and O–H groups in total. The molecule has 0 bridgehead atoms. The second-order valence-corrected chi connectivity index (χ2v) is 8.71. The lowest BCUT2D eigenvalue weighted by Crippen LogP contribution is -2.20. The third kappa shape index (κ3) is 4.86. The van der Waals surface area contributed by atoms with Gasteiger partial charge in [-0.2, -0.15) is 13.2 Å². The summed E-state index contributed by atoms with van der Waals surface area (Å²) in [6.07, 6.45) is -1.91. The van der Waals surface area contributed by atoms with E-state index in [9.17, 15) is 27.5 Å². The summed E-state index contributed by atoms with van der Waals surface area (Å²) in [4.78, 5) is 11.5. The molecule has 0 amide bonds. The molecule has 0 spiro atoms. The van der Waals surface area contributed by atoms with E-state index in [1.807, 2.05) is 18.2 Å². The van der Waals surface area contributed by atoms with Crippen LogP contribution in [0.4, 0.5) is 17.6 Å². The lowest BCUT2D eigenvalue weighted by atomic mass is 9.83. The Hall–Kier alpha value is -2.57. The van der Waals surface area contributed by atoms with Gasteiger partial charge >= 0.3 is 12.1 Å². The van der Waals surface area contributed by atoms with Gasteiger partial charge in [-0.3, -0.25) is 4.79 Å². The van der Waals surface area contributed by atoms with Gasteiger partial charge in [0.15, 0.2) is 0 Å². The summed E-state index contributed by atoms with van der Waals surface area (Å²) >= 11 is 0. The van der Waals surface area contributed by atoms with Crippen molar-refractivity contribution in [1.82, 2.24) is 0 Å². The fraction of sp³-hybridized carbons (Fsp3) is 0.458. The lowest BCUT2D eigenvalue weighted by molar-refractivity contribution is -0.142. The summed E-state index contributed by atoms with van der Waals surface area (Å²) in [5.74, 6) is -1.43. The van der Waals surface area contributed by atoms with Crippen LogP contribution in [0.2, 0.25) is 0 Å². The van der Waals surface area contributed by atoms with Crippen LogP contribution in [-0.2, 0) is 11.0 Å². The van der Waals surface area contributed by atoms with Crippen LogP contribution in [0.15, 0.2) is 42.5 Å². The highest BCUT2D eigenvalue weighted by atomic mass is 19.4. The standard InChI is InChI=1S/C24H24F4O3/c1-13(23(29)30)22(14-5-6-14)15-3-2-4-18(9-15)31-12-16-10-19(16)20-11-17(24(26,27)28)7-8-21(20)25/h2-4,7-9,11,13-14,16,19,22H,5-6,10,12H2,1H3,(H,29,30)/t13-,16+,19-,22-/m0/s1. The van der Waals surface area contributed by atoms with Gasteiger partial charge in [-0.15, -0.1) is 0 Å². The van der Waals surface area contributed by atoms with Crippen LogP contribution in [0.3, 0.4) is 0 Å². The zero-order valence-corrected chi connectivity index (χ0v) is 17.0. The second kappa shape index (κ2) is 8.17. The van der Waals surface area contributed by atoms with Crippen LogP contribution in [-0.4, -0.2) is 17.7 Å². The smallest absolute Gasteiger partial charge is 0.416 e. The van der Waals surface area contributed by atoms with Crippen LogP contribution in [0.5, 0.6) is 5.75 Å². The minimum absolute atomic E-state index is 0.0567. The fourth-order valence-corrected chi connectivity index (χ4v) is 4.41. The van der Waals surface area contributed by atoms with Crippen LogP contribution < -0.4 is 4.74 Å². The molecule has 0 heterocycles. The molecule has 4 rings (SSSR count). The SMILES string of the molecule is C[C@H](C(=O)O)[C@H](c1cccc(OC[C@H]2C[C@@H]2c2cc(C(F)(F)F)ccc2F)c1)C1CC1. The van der Waals surface area contributed by atoms with Gasteiger partial charge in [0.25, 0.3) is 0 Å². The maximum atomic E-state index is 14.1. The van der Waals surface area contributed by atoms with Crippen molar-refractivity contribution >= 4 is 5.97 Å². The minimum atomic E-state index is -4.50. The monoisotopic (exact) mass is 436 g/mol. The number of ether oxygens (including phenoxy) is 1. The van der Waals surface area contributed by atoms with Crippen molar-refractivity contribution in [3.8, 4) is 5.75 Å². The Morgan fingerprint density at radius 2 is 1.94 bits per heavy atom. The highest BCUT2D eigenvalue weighted by Gasteiger charge is 2.42. The van der Waals surface area contributed by atoms with Crippen molar-refractivity contribution in [2.75, 3.05) is 6.61 Å². The molecule has 4 atom stereocenters. The van der Waals surface area contributed by atoms with Crippen molar-refractivity contribution in [2.24, 2.45) is 17.8 Å². The van der Waals surface area contributed by atoms with Gasteiger partial charge in [-0.25, -0.2) is 4.39 Å². The molecule has 0 unspecified atom stereocenters. The predicted molar refractivity (Wildman–Crippen MR) is 106 cm³/mol. The van der Waals surface area contributed by atoms with Crippen LogP contribution in [0.1, 0.15) is 54.7 Å². The van der Waals surface area contributed by atoms with Gasteiger partial charge in [-0.05, 0) is 78.5 Å². The van der Waals surface area contributed by atoms with E-state index in [2.05, 4.69) is 0 Å². The van der Waals surface area contributed by atoms with Gasteiger partial charge in [0.2, 0.25) is 0 Å². The number of rotatable bonds is 8. The molecule has 2 aromatic carbocycles. The summed E-state index contributed by atoms with van der Waals surface area (Å²) in [5, 5.41) is 9.44. The van der Waals surface area contributed by atoms with Gasteiger partial charge < -0.3 is 9.84 Å². The van der Waals surface area contributed by atoms with E-state index < -0.39 is 29.4 Å². The molecule has 0 radical (unpaired) electrons. The van der Waals surface area contributed by atoms with Gasteiger partial charge in [-0.1, -0.05) is 19.1 Å². The Labute approximate surface area is 178 Å². The zero-order chi connectivity index (χ0) is 22.3. The second-order valence-electron chi connectivity index (χ2n) is 8.71. The van der Waals surface area contributed by atoms with Gasteiger partial charge in [0.05, 0.1) is 18.1 Å².